The molecule has 6 heteroatoms. The lowest BCUT2D eigenvalue weighted by atomic mass is 10.1. The molecule has 0 N–H and O–H groups in total. The Morgan fingerprint density at radius 2 is 1.52 bits per heavy atom. The number of aromatic nitrogens is 2. The standard InChI is InChI=1S/C25H18N4O2/c1-17-8-7-9-18(14-17)23-19(16-28(27-23)20-10-3-2-4-11-20)15-26-29-24(30)21-12-5-6-13-22(21)25(29)31/h2-16H,1H3/b26-15-. The van der Waals surface area contributed by atoms with E-state index in [0.29, 0.717) is 22.4 Å². The van der Waals surface area contributed by atoms with Crippen LogP contribution in [0.1, 0.15) is 31.8 Å². The zero-order chi connectivity index (χ0) is 21.4. The summed E-state index contributed by atoms with van der Waals surface area (Å²) in [6.45, 7) is 2.02. The van der Waals surface area contributed by atoms with Crippen molar-refractivity contribution >= 4 is 18.0 Å². The Hall–Kier alpha value is -4.32. The Kier molecular flexibility index (Phi) is 4.52. The molecule has 0 spiro atoms. The van der Waals surface area contributed by atoms with E-state index in [0.717, 1.165) is 21.8 Å². The van der Waals surface area contributed by atoms with Gasteiger partial charge in [-0.1, -0.05) is 54.1 Å². The molecular formula is C25H18N4O2. The Morgan fingerprint density at radius 3 is 2.19 bits per heavy atom. The highest BCUT2D eigenvalue weighted by molar-refractivity contribution is 6.21. The van der Waals surface area contributed by atoms with Crippen LogP contribution in [-0.2, 0) is 0 Å². The maximum atomic E-state index is 12.6. The van der Waals surface area contributed by atoms with Gasteiger partial charge in [-0.25, -0.2) is 4.68 Å². The number of para-hydroxylation sites is 1. The van der Waals surface area contributed by atoms with Crippen molar-refractivity contribution in [3.05, 3.63) is 107 Å². The van der Waals surface area contributed by atoms with E-state index in [-0.39, 0.29) is 0 Å². The first-order valence-corrected chi connectivity index (χ1v) is 9.86. The topological polar surface area (TPSA) is 67.6 Å². The average Bonchev–Trinajstić information content (AvgIpc) is 3.33. The maximum absolute atomic E-state index is 12.6. The third-order valence-electron chi connectivity index (χ3n) is 5.14. The molecule has 0 saturated carbocycles. The number of fused-ring (bicyclic) bond motifs is 1. The van der Waals surface area contributed by atoms with Crippen molar-refractivity contribution in [3.8, 4) is 16.9 Å². The summed E-state index contributed by atoms with van der Waals surface area (Å²) in [5, 5.41) is 9.90. The molecule has 0 fully saturated rings. The molecule has 5 rings (SSSR count). The summed E-state index contributed by atoms with van der Waals surface area (Å²) < 4.78 is 1.77. The van der Waals surface area contributed by atoms with E-state index in [4.69, 9.17) is 5.10 Å². The Bertz CT molecular complexity index is 1300. The fourth-order valence-corrected chi connectivity index (χ4v) is 3.61. The van der Waals surface area contributed by atoms with E-state index in [9.17, 15) is 9.59 Å². The lowest BCUT2D eigenvalue weighted by Crippen LogP contribution is -2.24. The number of carbonyl (C=O) groups is 2. The van der Waals surface area contributed by atoms with Gasteiger partial charge < -0.3 is 0 Å². The monoisotopic (exact) mass is 406 g/mol. The second kappa shape index (κ2) is 7.50. The molecule has 1 aliphatic rings. The van der Waals surface area contributed by atoms with Crippen LogP contribution < -0.4 is 0 Å². The minimum atomic E-state index is -0.426. The molecule has 0 saturated heterocycles. The lowest BCUT2D eigenvalue weighted by Gasteiger charge is -2.05. The third-order valence-corrected chi connectivity index (χ3v) is 5.14. The van der Waals surface area contributed by atoms with Crippen LogP contribution in [-0.4, -0.2) is 32.8 Å². The number of carbonyl (C=O) groups excluding carboxylic acids is 2. The number of rotatable bonds is 4. The number of imide groups is 1. The summed E-state index contributed by atoms with van der Waals surface area (Å²) >= 11 is 0. The van der Waals surface area contributed by atoms with Crippen LogP contribution in [0.5, 0.6) is 0 Å². The first kappa shape index (κ1) is 18.7. The van der Waals surface area contributed by atoms with Crippen molar-refractivity contribution in [2.45, 2.75) is 6.92 Å². The molecule has 1 aromatic heterocycles. The average molecular weight is 406 g/mol. The number of amides is 2. The number of hydrogen-bond donors (Lipinski definition) is 0. The van der Waals surface area contributed by atoms with Crippen LogP contribution >= 0.6 is 0 Å². The van der Waals surface area contributed by atoms with Gasteiger partial charge in [-0.2, -0.15) is 15.2 Å². The fraction of sp³-hybridized carbons (Fsp3) is 0.0400. The van der Waals surface area contributed by atoms with Gasteiger partial charge in [0.1, 0.15) is 5.69 Å². The van der Waals surface area contributed by atoms with E-state index < -0.39 is 11.8 Å². The SMILES string of the molecule is Cc1cccc(-c2nn(-c3ccccc3)cc2/C=N\N2C(=O)c3ccccc3C2=O)c1. The van der Waals surface area contributed by atoms with Crippen molar-refractivity contribution in [1.82, 2.24) is 14.8 Å². The highest BCUT2D eigenvalue weighted by atomic mass is 16.2. The van der Waals surface area contributed by atoms with Crippen LogP contribution in [0.3, 0.4) is 0 Å². The third kappa shape index (κ3) is 3.34. The maximum Gasteiger partial charge on any atom is 0.282 e. The summed E-state index contributed by atoms with van der Waals surface area (Å²) in [6.07, 6.45) is 3.36. The second-order valence-electron chi connectivity index (χ2n) is 7.29. The van der Waals surface area contributed by atoms with Crippen LogP contribution in [0.4, 0.5) is 0 Å². The molecule has 6 nitrogen and oxygen atoms in total. The van der Waals surface area contributed by atoms with Crippen molar-refractivity contribution in [2.75, 3.05) is 0 Å². The number of hydrogen-bond acceptors (Lipinski definition) is 4. The summed E-state index contributed by atoms with van der Waals surface area (Å²) in [7, 11) is 0. The van der Waals surface area contributed by atoms with Gasteiger partial charge in [0.25, 0.3) is 11.8 Å². The normalized spacial score (nSPS) is 13.3. The molecule has 0 radical (unpaired) electrons. The Balaban J connectivity index is 1.56. The van der Waals surface area contributed by atoms with Crippen LogP contribution in [0.2, 0.25) is 0 Å². The molecule has 0 aliphatic carbocycles. The molecule has 2 heterocycles. The van der Waals surface area contributed by atoms with Gasteiger partial charge in [-0.05, 0) is 37.3 Å². The quantitative estimate of drug-likeness (QED) is 0.371. The summed E-state index contributed by atoms with van der Waals surface area (Å²) in [5.74, 6) is -0.853. The zero-order valence-corrected chi connectivity index (χ0v) is 16.8. The molecule has 3 aromatic carbocycles. The van der Waals surface area contributed by atoms with Gasteiger partial charge in [0.15, 0.2) is 0 Å². The Morgan fingerprint density at radius 1 is 0.839 bits per heavy atom. The number of benzene rings is 3. The minimum absolute atomic E-state index is 0.364. The van der Waals surface area contributed by atoms with Gasteiger partial charge in [-0.15, -0.1) is 0 Å². The second-order valence-corrected chi connectivity index (χ2v) is 7.29. The Labute approximate surface area is 179 Å². The highest BCUT2D eigenvalue weighted by Crippen LogP contribution is 2.25. The molecule has 150 valence electrons. The van der Waals surface area contributed by atoms with E-state index >= 15 is 0 Å². The van der Waals surface area contributed by atoms with E-state index in [1.54, 1.807) is 28.9 Å². The van der Waals surface area contributed by atoms with Crippen molar-refractivity contribution in [3.63, 3.8) is 0 Å². The van der Waals surface area contributed by atoms with E-state index in [2.05, 4.69) is 5.10 Å². The smallest absolute Gasteiger partial charge is 0.267 e. The molecule has 31 heavy (non-hydrogen) atoms. The van der Waals surface area contributed by atoms with Crippen molar-refractivity contribution in [2.24, 2.45) is 5.10 Å². The fourth-order valence-electron chi connectivity index (χ4n) is 3.61. The predicted octanol–water partition coefficient (Wildman–Crippen LogP) is 4.48. The minimum Gasteiger partial charge on any atom is -0.267 e. The highest BCUT2D eigenvalue weighted by Gasteiger charge is 2.35. The molecular weight excluding hydrogens is 388 g/mol. The van der Waals surface area contributed by atoms with Crippen LogP contribution in [0, 0.1) is 6.92 Å². The van der Waals surface area contributed by atoms with Gasteiger partial charge >= 0.3 is 0 Å². The first-order chi connectivity index (χ1) is 15.1. The molecule has 2 amide bonds. The van der Waals surface area contributed by atoms with Gasteiger partial charge in [-0.3, -0.25) is 9.59 Å². The zero-order valence-electron chi connectivity index (χ0n) is 16.8. The largest absolute Gasteiger partial charge is 0.282 e. The first-order valence-electron chi connectivity index (χ1n) is 9.86. The molecule has 4 aromatic rings. The van der Waals surface area contributed by atoms with Crippen LogP contribution in [0.25, 0.3) is 16.9 Å². The summed E-state index contributed by atoms with van der Waals surface area (Å²) in [5.41, 5.74) is 5.08. The van der Waals surface area contributed by atoms with Gasteiger partial charge in [0, 0.05) is 17.3 Å². The van der Waals surface area contributed by atoms with Gasteiger partial charge in [0.2, 0.25) is 0 Å². The van der Waals surface area contributed by atoms with Crippen LogP contribution in [0.15, 0.2) is 90.2 Å². The summed E-state index contributed by atoms with van der Waals surface area (Å²) in [4.78, 5) is 25.3. The van der Waals surface area contributed by atoms with Crippen molar-refractivity contribution < 1.29 is 9.59 Å². The number of aryl methyl sites for hydroxylation is 1. The van der Waals surface area contributed by atoms with E-state index in [1.807, 2.05) is 67.7 Å². The molecule has 0 bridgehead atoms. The molecule has 0 unspecified atom stereocenters. The number of hydrazone groups is 1. The number of nitrogens with zero attached hydrogens (tertiary/aromatic N) is 4. The molecule has 0 atom stereocenters. The summed E-state index contributed by atoms with van der Waals surface area (Å²) in [6, 6.07) is 24.5. The predicted molar refractivity (Wildman–Crippen MR) is 118 cm³/mol. The molecule has 1 aliphatic heterocycles. The van der Waals surface area contributed by atoms with Crippen molar-refractivity contribution in [1.29, 1.82) is 0 Å². The van der Waals surface area contributed by atoms with E-state index in [1.165, 1.54) is 6.21 Å². The lowest BCUT2D eigenvalue weighted by molar-refractivity contribution is 0.0660. The van der Waals surface area contributed by atoms with Gasteiger partial charge in [0.05, 0.1) is 23.0 Å².